The lowest BCUT2D eigenvalue weighted by molar-refractivity contribution is -0.0887. The lowest BCUT2D eigenvalue weighted by atomic mass is 9.96. The highest BCUT2D eigenvalue weighted by Gasteiger charge is 2.32. The number of nitrogens with one attached hydrogen (secondary N) is 4. The zero-order valence-corrected chi connectivity index (χ0v) is 12.3. The van der Waals surface area contributed by atoms with E-state index < -0.39 is 35.3 Å². The van der Waals surface area contributed by atoms with Gasteiger partial charge in [-0.2, -0.15) is 13.2 Å². The number of aromatic nitrogens is 2. The maximum Gasteiger partial charge on any atom is 0.416 e. The average molecular weight is 344 g/mol. The molecule has 0 spiro atoms. The summed E-state index contributed by atoms with van der Waals surface area (Å²) in [5, 5.41) is 19.3. The first kappa shape index (κ1) is 17.7. The Bertz CT molecular complexity index is 805. The van der Waals surface area contributed by atoms with Crippen molar-refractivity contribution < 1.29 is 18.3 Å². The quantitative estimate of drug-likeness (QED) is 0.509. The Balaban J connectivity index is 2.13. The Morgan fingerprint density at radius 2 is 2.08 bits per heavy atom. The van der Waals surface area contributed by atoms with Gasteiger partial charge in [0.1, 0.15) is 11.4 Å². The minimum absolute atomic E-state index is 0.0539. The van der Waals surface area contributed by atoms with Crippen molar-refractivity contribution in [3.05, 3.63) is 50.2 Å². The van der Waals surface area contributed by atoms with Gasteiger partial charge in [0.05, 0.1) is 17.9 Å². The number of rotatable bonds is 5. The summed E-state index contributed by atoms with van der Waals surface area (Å²) >= 11 is 0. The summed E-state index contributed by atoms with van der Waals surface area (Å²) in [6.07, 6.45) is -0.816. The molecular weight excluding hydrogens is 329 g/mol. The first-order valence-electron chi connectivity index (χ1n) is 6.97. The van der Waals surface area contributed by atoms with Crippen LogP contribution in [0.15, 0.2) is 33.4 Å². The van der Waals surface area contributed by atoms with Crippen LogP contribution >= 0.6 is 0 Å². The zero-order chi connectivity index (χ0) is 17.9. The van der Waals surface area contributed by atoms with E-state index in [0.717, 1.165) is 12.2 Å². The molecule has 0 fully saturated rings. The lowest BCUT2D eigenvalue weighted by Gasteiger charge is -2.19. The van der Waals surface area contributed by atoms with E-state index in [1.807, 2.05) is 4.98 Å². The lowest BCUT2D eigenvalue weighted by Crippen LogP contribution is -2.32. The second-order valence-corrected chi connectivity index (χ2v) is 5.19. The average Bonchev–Trinajstić information content (AvgIpc) is 2.51. The van der Waals surface area contributed by atoms with Gasteiger partial charge in [0.2, 0.25) is 0 Å². The molecule has 1 atom stereocenters. The monoisotopic (exact) mass is 344 g/mol. The highest BCUT2D eigenvalue weighted by molar-refractivity contribution is 6.02. The van der Waals surface area contributed by atoms with Gasteiger partial charge in [-0.05, 0) is 12.3 Å². The van der Waals surface area contributed by atoms with Crippen LogP contribution in [-0.2, 0) is 0 Å². The number of hydrogen-bond acceptors (Lipinski definition) is 5. The Labute approximate surface area is 133 Å². The molecule has 0 radical (unpaired) electrons. The van der Waals surface area contributed by atoms with Crippen LogP contribution in [0.25, 0.3) is 0 Å². The van der Waals surface area contributed by atoms with Gasteiger partial charge in [0.15, 0.2) is 0 Å². The molecule has 10 heteroatoms. The smallest absolute Gasteiger partial charge is 0.390 e. The summed E-state index contributed by atoms with van der Waals surface area (Å²) in [4.78, 5) is 27.4. The fourth-order valence-corrected chi connectivity index (χ4v) is 2.25. The number of aromatic amines is 2. The molecule has 7 nitrogen and oxygen atoms in total. The van der Waals surface area contributed by atoms with E-state index in [1.54, 1.807) is 0 Å². The molecule has 1 aliphatic carbocycles. The third-order valence-corrected chi connectivity index (χ3v) is 3.46. The Kier molecular flexibility index (Phi) is 5.07. The molecule has 5 N–H and O–H groups in total. The van der Waals surface area contributed by atoms with E-state index in [9.17, 15) is 22.8 Å². The molecule has 0 saturated heterocycles. The van der Waals surface area contributed by atoms with E-state index in [0.29, 0.717) is 0 Å². The van der Waals surface area contributed by atoms with Gasteiger partial charge in [-0.3, -0.25) is 14.8 Å². The van der Waals surface area contributed by atoms with Gasteiger partial charge in [-0.15, -0.1) is 0 Å². The predicted molar refractivity (Wildman–Crippen MR) is 81.5 cm³/mol. The molecule has 1 unspecified atom stereocenters. The summed E-state index contributed by atoms with van der Waals surface area (Å²) in [6.45, 7) is -0.561. The summed E-state index contributed by atoms with van der Waals surface area (Å²) in [5.74, 6) is -0.336. The number of anilines is 1. The molecule has 0 aliphatic heterocycles. The van der Waals surface area contributed by atoms with Crippen LogP contribution in [0.2, 0.25) is 0 Å². The molecule has 1 heterocycles. The normalized spacial score (nSPS) is 17.5. The van der Waals surface area contributed by atoms with Gasteiger partial charge < -0.3 is 15.8 Å². The molecule has 130 valence electrons. The maximum absolute atomic E-state index is 12.5. The van der Waals surface area contributed by atoms with Crippen molar-refractivity contribution in [1.29, 1.82) is 5.41 Å². The molecule has 1 aromatic heterocycles. The number of allylic oxidation sites excluding steroid dienone is 3. The van der Waals surface area contributed by atoms with Gasteiger partial charge in [0, 0.05) is 6.54 Å². The fourth-order valence-electron chi connectivity index (χ4n) is 2.25. The van der Waals surface area contributed by atoms with Crippen LogP contribution in [0.1, 0.15) is 12.0 Å². The molecule has 0 bridgehead atoms. The fraction of sp³-hybridized carbons (Fsp3) is 0.357. The second-order valence-electron chi connectivity index (χ2n) is 5.19. The number of aliphatic hydroxyl groups excluding tert-OH is 1. The largest absolute Gasteiger partial charge is 0.416 e. The van der Waals surface area contributed by atoms with Crippen molar-refractivity contribution >= 4 is 11.5 Å². The number of halogens is 3. The van der Waals surface area contributed by atoms with Crippen LogP contribution in [0.3, 0.4) is 0 Å². The van der Waals surface area contributed by atoms with Crippen molar-refractivity contribution in [1.82, 2.24) is 9.97 Å². The van der Waals surface area contributed by atoms with Gasteiger partial charge in [0.25, 0.3) is 5.56 Å². The Hall–Kier alpha value is -2.62. The van der Waals surface area contributed by atoms with E-state index in [2.05, 4.69) is 10.3 Å². The van der Waals surface area contributed by atoms with Crippen LogP contribution in [0.5, 0.6) is 0 Å². The van der Waals surface area contributed by atoms with Gasteiger partial charge in [-0.1, -0.05) is 18.2 Å². The van der Waals surface area contributed by atoms with E-state index in [1.165, 1.54) is 6.08 Å². The van der Waals surface area contributed by atoms with Crippen LogP contribution < -0.4 is 16.6 Å². The van der Waals surface area contributed by atoms with Gasteiger partial charge in [-0.25, -0.2) is 4.79 Å². The highest BCUT2D eigenvalue weighted by atomic mass is 19.4. The molecule has 2 rings (SSSR count). The summed E-state index contributed by atoms with van der Waals surface area (Å²) in [5.41, 5.74) is -2.96. The minimum atomic E-state index is -4.39. The second kappa shape index (κ2) is 6.87. The molecular formula is C14H15F3N4O3. The minimum Gasteiger partial charge on any atom is -0.390 e. The standard InChI is InChI=1S/C14H15F3N4O3/c15-14(16,17)8-3-1-7(2-4-8)5-19-11-10(9(18)6-22)12(23)21-13(24)20-11/h1,3-4,7,18,22H,2,5-6H2,(H3,19,20,21,23,24). The Morgan fingerprint density at radius 1 is 1.38 bits per heavy atom. The van der Waals surface area contributed by atoms with Crippen molar-refractivity contribution in [3.63, 3.8) is 0 Å². The molecule has 0 amide bonds. The zero-order valence-electron chi connectivity index (χ0n) is 12.3. The SMILES string of the molecule is N=C(CO)c1c(NCC2C=CC(C(F)(F)F)=CC2)[nH]c(=O)[nH]c1=O. The number of hydrogen-bond donors (Lipinski definition) is 5. The van der Waals surface area contributed by atoms with E-state index >= 15 is 0 Å². The van der Waals surface area contributed by atoms with Crippen molar-refractivity contribution in [2.24, 2.45) is 5.92 Å². The van der Waals surface area contributed by atoms with Crippen molar-refractivity contribution in [2.45, 2.75) is 12.6 Å². The third kappa shape index (κ3) is 4.02. The molecule has 24 heavy (non-hydrogen) atoms. The first-order chi connectivity index (χ1) is 11.2. The van der Waals surface area contributed by atoms with E-state index in [4.69, 9.17) is 10.5 Å². The first-order valence-corrected chi connectivity index (χ1v) is 6.97. The molecule has 1 aliphatic rings. The topological polar surface area (TPSA) is 122 Å². The summed E-state index contributed by atoms with van der Waals surface area (Å²) in [7, 11) is 0. The predicted octanol–water partition coefficient (Wildman–Crippen LogP) is 0.900. The van der Waals surface area contributed by atoms with Crippen molar-refractivity contribution in [2.75, 3.05) is 18.5 Å². The molecule has 0 saturated carbocycles. The number of aliphatic hydroxyl groups is 1. The summed E-state index contributed by atoms with van der Waals surface area (Å²) < 4.78 is 37.6. The third-order valence-electron chi connectivity index (χ3n) is 3.46. The summed E-state index contributed by atoms with van der Waals surface area (Å²) in [6, 6.07) is 0. The molecule has 0 aromatic carbocycles. The number of H-pyrrole nitrogens is 2. The number of alkyl halides is 3. The Morgan fingerprint density at radius 3 is 2.62 bits per heavy atom. The maximum atomic E-state index is 12.5. The van der Waals surface area contributed by atoms with E-state index in [-0.39, 0.29) is 30.3 Å². The molecule has 1 aromatic rings. The van der Waals surface area contributed by atoms with Crippen molar-refractivity contribution in [3.8, 4) is 0 Å². The van der Waals surface area contributed by atoms with Crippen LogP contribution in [-0.4, -0.2) is 40.1 Å². The van der Waals surface area contributed by atoms with Gasteiger partial charge >= 0.3 is 11.9 Å². The van der Waals surface area contributed by atoms with Crippen LogP contribution in [0, 0.1) is 11.3 Å². The van der Waals surface area contributed by atoms with Crippen LogP contribution in [0.4, 0.5) is 19.0 Å². The highest BCUT2D eigenvalue weighted by Crippen LogP contribution is 2.30.